The highest BCUT2D eigenvalue weighted by atomic mass is 32.1. The Morgan fingerprint density at radius 1 is 0.921 bits per heavy atom. The summed E-state index contributed by atoms with van der Waals surface area (Å²) in [6.07, 6.45) is -3.11. The summed E-state index contributed by atoms with van der Waals surface area (Å²) in [6.45, 7) is 4.60. The van der Waals surface area contributed by atoms with Gasteiger partial charge in [-0.15, -0.1) is 0 Å². The number of hydrogen-bond donors (Lipinski definition) is 6. The Morgan fingerprint density at radius 2 is 1.50 bits per heavy atom. The first-order valence-corrected chi connectivity index (χ1v) is 12.5. The van der Waals surface area contributed by atoms with Crippen molar-refractivity contribution in [2.45, 2.75) is 33.0 Å². The second kappa shape index (κ2) is 12.7. The van der Waals surface area contributed by atoms with E-state index in [2.05, 4.69) is 15.6 Å². The van der Waals surface area contributed by atoms with Crippen molar-refractivity contribution in [3.8, 4) is 0 Å². The smallest absolute Gasteiger partial charge is 0.407 e. The van der Waals surface area contributed by atoms with Gasteiger partial charge in [0.15, 0.2) is 11.4 Å². The molecule has 15 heteroatoms. The number of aryl methyl sites for hydroxylation is 2. The van der Waals surface area contributed by atoms with Gasteiger partial charge in [0, 0.05) is 45.7 Å². The second-order valence-electron chi connectivity index (χ2n) is 8.45. The molecule has 0 bridgehead atoms. The van der Waals surface area contributed by atoms with Gasteiger partial charge in [-0.2, -0.15) is 0 Å². The summed E-state index contributed by atoms with van der Waals surface area (Å²) in [4.78, 5) is 66.5. The number of rotatable bonds is 9. The second-order valence-corrected chi connectivity index (χ2v) is 9.45. The lowest BCUT2D eigenvalue weighted by molar-refractivity contribution is -0.130. The molecule has 204 valence electrons. The number of amides is 5. The van der Waals surface area contributed by atoms with Crippen molar-refractivity contribution in [2.24, 2.45) is 0 Å². The fourth-order valence-corrected chi connectivity index (χ4v) is 4.84. The van der Waals surface area contributed by atoms with Crippen LogP contribution in [0.2, 0.25) is 0 Å². The molecule has 1 aromatic carbocycles. The molecule has 0 saturated carbocycles. The lowest BCUT2D eigenvalue weighted by Gasteiger charge is -2.34. The average Bonchev–Trinajstić information content (AvgIpc) is 3.24. The minimum atomic E-state index is -1.40. The van der Waals surface area contributed by atoms with Gasteiger partial charge in [0.25, 0.3) is 5.91 Å². The molecule has 0 radical (unpaired) electrons. The van der Waals surface area contributed by atoms with E-state index in [1.54, 1.807) is 34.1 Å². The van der Waals surface area contributed by atoms with Gasteiger partial charge in [-0.3, -0.25) is 25.0 Å². The summed E-state index contributed by atoms with van der Waals surface area (Å²) < 4.78 is 0. The fourth-order valence-electron chi connectivity index (χ4n) is 3.81. The van der Waals surface area contributed by atoms with E-state index in [1.165, 1.54) is 13.8 Å². The maximum Gasteiger partial charge on any atom is 0.407 e. The van der Waals surface area contributed by atoms with Crippen molar-refractivity contribution >= 4 is 52.1 Å². The van der Waals surface area contributed by atoms with Crippen molar-refractivity contribution in [2.75, 3.05) is 36.8 Å². The first-order valence-electron chi connectivity index (χ1n) is 11.7. The van der Waals surface area contributed by atoms with E-state index >= 15 is 0 Å². The van der Waals surface area contributed by atoms with Crippen LogP contribution in [0.1, 0.15) is 34.8 Å². The third-order valence-corrected chi connectivity index (χ3v) is 6.64. The number of aromatic nitrogens is 1. The van der Waals surface area contributed by atoms with E-state index in [-0.39, 0.29) is 17.7 Å². The molecular weight excluding hydrogens is 518 g/mol. The molecule has 1 aliphatic rings. The van der Waals surface area contributed by atoms with Crippen LogP contribution in [-0.2, 0) is 22.4 Å². The van der Waals surface area contributed by atoms with Gasteiger partial charge in [0.05, 0.1) is 5.69 Å². The molecule has 1 fully saturated rings. The Labute approximate surface area is 222 Å². The predicted octanol–water partition coefficient (Wildman–Crippen LogP) is 1.42. The zero-order valence-corrected chi connectivity index (χ0v) is 21.6. The van der Waals surface area contributed by atoms with Crippen LogP contribution < -0.4 is 21.3 Å². The Bertz CT molecular complexity index is 1180. The van der Waals surface area contributed by atoms with Crippen molar-refractivity contribution in [3.05, 3.63) is 40.4 Å². The number of carbonyl (C=O) groups excluding carboxylic acids is 3. The van der Waals surface area contributed by atoms with Crippen molar-refractivity contribution in [3.63, 3.8) is 0 Å². The molecule has 38 heavy (non-hydrogen) atoms. The largest absolute Gasteiger partial charge is 0.465 e. The van der Waals surface area contributed by atoms with Crippen molar-refractivity contribution < 1.29 is 34.2 Å². The van der Waals surface area contributed by atoms with Gasteiger partial charge in [-0.25, -0.2) is 14.6 Å². The van der Waals surface area contributed by atoms with Gasteiger partial charge in [-0.05, 0) is 30.5 Å². The maximum atomic E-state index is 13.3. The van der Waals surface area contributed by atoms with E-state index < -0.39 is 18.5 Å². The third kappa shape index (κ3) is 8.06. The molecule has 0 unspecified atom stereocenters. The fraction of sp³-hybridized carbons (Fsp3) is 0.391. The van der Waals surface area contributed by atoms with Crippen LogP contribution in [0.25, 0.3) is 0 Å². The highest BCUT2D eigenvalue weighted by Gasteiger charge is 2.27. The summed E-state index contributed by atoms with van der Waals surface area (Å²) in [6, 6.07) is 6.90. The number of carboxylic acid groups (broad SMARTS) is 2. The molecule has 1 saturated heterocycles. The van der Waals surface area contributed by atoms with E-state index in [4.69, 9.17) is 10.2 Å². The summed E-state index contributed by atoms with van der Waals surface area (Å²) >= 11 is 1.12. The topological polar surface area (TPSA) is 193 Å². The van der Waals surface area contributed by atoms with Crippen LogP contribution >= 0.6 is 11.3 Å². The van der Waals surface area contributed by atoms with Crippen LogP contribution in [-0.4, -0.2) is 87.4 Å². The molecule has 3 rings (SSSR count). The normalized spacial score (nSPS) is 13.1. The monoisotopic (exact) mass is 547 g/mol. The van der Waals surface area contributed by atoms with Crippen molar-refractivity contribution in [1.29, 1.82) is 0 Å². The van der Waals surface area contributed by atoms with Crippen LogP contribution in [0, 0.1) is 0 Å². The van der Waals surface area contributed by atoms with Gasteiger partial charge in [0.1, 0.15) is 4.88 Å². The average molecular weight is 548 g/mol. The first kappa shape index (κ1) is 28.2. The minimum absolute atomic E-state index is 0.0310. The van der Waals surface area contributed by atoms with Crippen molar-refractivity contribution in [1.82, 2.24) is 25.4 Å². The van der Waals surface area contributed by atoms with E-state index in [0.717, 1.165) is 16.9 Å². The van der Waals surface area contributed by atoms with Crippen LogP contribution in [0.15, 0.2) is 24.3 Å². The number of nitrogens with zero attached hydrogens (tertiary/aromatic N) is 3. The zero-order valence-electron chi connectivity index (χ0n) is 20.8. The molecule has 0 atom stereocenters. The zero-order chi connectivity index (χ0) is 27.8. The first-order chi connectivity index (χ1) is 18.0. The summed E-state index contributed by atoms with van der Waals surface area (Å²) in [5.41, 5.74) is 1.92. The summed E-state index contributed by atoms with van der Waals surface area (Å²) in [7, 11) is 0. The third-order valence-electron chi connectivity index (χ3n) is 5.64. The number of hydrogen-bond acceptors (Lipinski definition) is 8. The van der Waals surface area contributed by atoms with Crippen LogP contribution in [0.4, 0.5) is 20.4 Å². The van der Waals surface area contributed by atoms with Gasteiger partial charge >= 0.3 is 12.2 Å². The quantitative estimate of drug-likeness (QED) is 0.252. The number of nitrogens with one attached hydrogen (secondary N) is 4. The molecule has 1 aliphatic heterocycles. The highest BCUT2D eigenvalue weighted by Crippen LogP contribution is 2.27. The van der Waals surface area contributed by atoms with E-state index in [9.17, 15) is 24.0 Å². The van der Waals surface area contributed by atoms with Gasteiger partial charge in [-0.1, -0.05) is 23.5 Å². The molecule has 1 aromatic heterocycles. The molecule has 0 aliphatic carbocycles. The van der Waals surface area contributed by atoms with Crippen LogP contribution in [0.3, 0.4) is 0 Å². The highest BCUT2D eigenvalue weighted by molar-refractivity contribution is 7.17. The lowest BCUT2D eigenvalue weighted by atomic mass is 10.1. The maximum absolute atomic E-state index is 13.3. The van der Waals surface area contributed by atoms with Crippen LogP contribution in [0.5, 0.6) is 0 Å². The number of carbonyl (C=O) groups is 5. The Balaban J connectivity index is 1.68. The van der Waals surface area contributed by atoms with E-state index in [1.807, 2.05) is 10.6 Å². The summed E-state index contributed by atoms with van der Waals surface area (Å²) in [5, 5.41) is 27.5. The molecule has 14 nitrogen and oxygen atoms in total. The lowest BCUT2D eigenvalue weighted by Crippen LogP contribution is -2.52. The molecule has 2 aromatic rings. The Hall–Kier alpha value is -4.40. The molecule has 0 spiro atoms. The molecule has 6 N–H and O–H groups in total. The molecule has 5 amide bonds. The molecular formula is C23H29N7O7S. The Kier molecular flexibility index (Phi) is 9.43. The number of thiazole rings is 1. The standard InChI is InChI=1S/C23H29N7O7S/c1-13(31)24-21-26-17(18(38-21)19(33)30-11-9-29(10-12-30)14(2)32)8-5-15-3-6-16(7-4-15)25-20(27-22(34)35)28-23(36)37/h3-4,6-7,20,25,27-28H,5,8-12H2,1-2H3,(H,34,35)(H,36,37)(H,24,26,31). The number of anilines is 2. The number of piperazine rings is 1. The minimum Gasteiger partial charge on any atom is -0.465 e. The number of benzene rings is 1. The summed E-state index contributed by atoms with van der Waals surface area (Å²) in [5.74, 6) is -0.521. The SMILES string of the molecule is CC(=O)Nc1nc(CCc2ccc(NC(NC(=O)O)NC(=O)O)cc2)c(C(=O)N2CCN(C(C)=O)CC2)s1. The molecule has 2 heterocycles. The predicted molar refractivity (Wildman–Crippen MR) is 138 cm³/mol. The van der Waals surface area contributed by atoms with Gasteiger partial charge in [0.2, 0.25) is 11.8 Å². The Morgan fingerprint density at radius 3 is 2.03 bits per heavy atom. The van der Waals surface area contributed by atoms with E-state index in [0.29, 0.717) is 60.4 Å². The van der Waals surface area contributed by atoms with Gasteiger partial charge < -0.3 is 30.6 Å².